The van der Waals surface area contributed by atoms with Crippen molar-refractivity contribution >= 4 is 5.91 Å². The summed E-state index contributed by atoms with van der Waals surface area (Å²) in [5.41, 5.74) is 2.97. The second-order valence-corrected chi connectivity index (χ2v) is 4.37. The largest absolute Gasteiger partial charge is 0.308 e. The molecule has 104 valence electrons. The Bertz CT molecular complexity index is 710. The molecule has 6 heteroatoms. The number of carbonyl (C=O) groups excluding carboxylic acids is 1. The van der Waals surface area contributed by atoms with Gasteiger partial charge in [-0.05, 0) is 31.2 Å². The van der Waals surface area contributed by atoms with Crippen LogP contribution < -0.4 is 16.8 Å². The highest BCUT2D eigenvalue weighted by Gasteiger charge is 2.10. The van der Waals surface area contributed by atoms with Gasteiger partial charge in [-0.3, -0.25) is 15.0 Å². The third-order valence-corrected chi connectivity index (χ3v) is 3.04. The first-order valence-electron chi connectivity index (χ1n) is 5.98. The number of aromatic nitrogens is 1. The van der Waals surface area contributed by atoms with Gasteiger partial charge in [-0.15, -0.1) is 0 Å². The predicted molar refractivity (Wildman–Crippen MR) is 72.6 cm³/mol. The van der Waals surface area contributed by atoms with Gasteiger partial charge >= 0.3 is 0 Å². The van der Waals surface area contributed by atoms with Gasteiger partial charge in [-0.25, -0.2) is 10.2 Å². The van der Waals surface area contributed by atoms with E-state index in [2.05, 4.69) is 0 Å². The van der Waals surface area contributed by atoms with Gasteiger partial charge in [-0.1, -0.05) is 6.07 Å². The van der Waals surface area contributed by atoms with E-state index in [0.29, 0.717) is 5.69 Å². The zero-order valence-electron chi connectivity index (χ0n) is 10.9. The van der Waals surface area contributed by atoms with E-state index in [0.717, 1.165) is 0 Å². The molecule has 0 unspecified atom stereocenters. The maximum absolute atomic E-state index is 13.8. The number of carbonyl (C=O) groups is 1. The van der Waals surface area contributed by atoms with Crippen molar-refractivity contribution in [2.75, 3.05) is 0 Å². The van der Waals surface area contributed by atoms with Gasteiger partial charge in [0.15, 0.2) is 0 Å². The summed E-state index contributed by atoms with van der Waals surface area (Å²) in [6, 6.07) is 8.71. The summed E-state index contributed by atoms with van der Waals surface area (Å²) in [5, 5.41) is 0. The van der Waals surface area contributed by atoms with E-state index in [4.69, 9.17) is 5.84 Å². The monoisotopic (exact) mass is 275 g/mol. The lowest BCUT2D eigenvalue weighted by molar-refractivity contribution is 0.0953. The zero-order chi connectivity index (χ0) is 14.7. The Balaban J connectivity index is 2.43. The van der Waals surface area contributed by atoms with Crippen LogP contribution in [0.5, 0.6) is 0 Å². The molecule has 0 saturated carbocycles. The van der Waals surface area contributed by atoms with Crippen molar-refractivity contribution in [3.63, 3.8) is 0 Å². The van der Waals surface area contributed by atoms with Crippen molar-refractivity contribution in [2.24, 2.45) is 5.84 Å². The topological polar surface area (TPSA) is 77.1 Å². The van der Waals surface area contributed by atoms with Crippen LogP contribution >= 0.6 is 0 Å². The van der Waals surface area contributed by atoms with Crippen molar-refractivity contribution in [3.05, 3.63) is 69.4 Å². The summed E-state index contributed by atoms with van der Waals surface area (Å²) >= 11 is 0. The van der Waals surface area contributed by atoms with Gasteiger partial charge in [0.1, 0.15) is 5.82 Å². The van der Waals surface area contributed by atoms with Crippen molar-refractivity contribution in [3.8, 4) is 0 Å². The fraction of sp³-hybridized carbons (Fsp3) is 0.143. The second kappa shape index (κ2) is 5.66. The molecule has 2 rings (SSSR count). The summed E-state index contributed by atoms with van der Waals surface area (Å²) in [6.07, 6.45) is 0. The van der Waals surface area contributed by atoms with Crippen LogP contribution in [0.3, 0.4) is 0 Å². The van der Waals surface area contributed by atoms with E-state index in [1.54, 1.807) is 19.1 Å². The molecule has 0 aliphatic rings. The number of nitrogens with two attached hydrogens (primary N) is 1. The van der Waals surface area contributed by atoms with Crippen molar-refractivity contribution in [2.45, 2.75) is 13.5 Å². The van der Waals surface area contributed by atoms with Crippen LogP contribution in [0.2, 0.25) is 0 Å². The minimum absolute atomic E-state index is 0.0586. The van der Waals surface area contributed by atoms with E-state index < -0.39 is 11.7 Å². The van der Waals surface area contributed by atoms with E-state index in [-0.39, 0.29) is 23.2 Å². The molecule has 1 heterocycles. The van der Waals surface area contributed by atoms with E-state index >= 15 is 0 Å². The minimum Gasteiger partial charge on any atom is -0.308 e. The number of rotatable bonds is 3. The third kappa shape index (κ3) is 2.75. The van der Waals surface area contributed by atoms with Crippen LogP contribution in [-0.4, -0.2) is 10.5 Å². The number of amides is 1. The normalized spacial score (nSPS) is 10.3. The summed E-state index contributed by atoms with van der Waals surface area (Å²) in [4.78, 5) is 23.2. The maximum Gasteiger partial charge on any atom is 0.265 e. The quantitative estimate of drug-likeness (QED) is 0.497. The molecule has 3 N–H and O–H groups in total. The Morgan fingerprint density at radius 2 is 2.10 bits per heavy atom. The van der Waals surface area contributed by atoms with Crippen LogP contribution in [0.1, 0.15) is 21.6 Å². The SMILES string of the molecule is Cc1cccc(=O)n1Cc1cc(C(=O)NN)ccc1F. The molecule has 0 bridgehead atoms. The van der Waals surface area contributed by atoms with Crippen LogP contribution in [-0.2, 0) is 6.54 Å². The number of nitrogens with zero attached hydrogens (tertiary/aromatic N) is 1. The Morgan fingerprint density at radius 1 is 1.35 bits per heavy atom. The molecule has 20 heavy (non-hydrogen) atoms. The zero-order valence-corrected chi connectivity index (χ0v) is 10.9. The van der Waals surface area contributed by atoms with E-state index in [1.165, 1.54) is 28.8 Å². The smallest absolute Gasteiger partial charge is 0.265 e. The predicted octanol–water partition coefficient (Wildman–Crippen LogP) is 0.948. The number of benzene rings is 1. The number of aryl methyl sites for hydroxylation is 1. The number of nitrogens with one attached hydrogen (secondary N) is 1. The number of hydrazine groups is 1. The molecule has 0 atom stereocenters. The van der Waals surface area contributed by atoms with Crippen LogP contribution in [0.15, 0.2) is 41.2 Å². The average Bonchev–Trinajstić information content (AvgIpc) is 2.44. The molecule has 0 fully saturated rings. The Labute approximate surface area is 114 Å². The van der Waals surface area contributed by atoms with E-state index in [1.807, 2.05) is 5.43 Å². The molecule has 0 radical (unpaired) electrons. The molecule has 1 aromatic heterocycles. The lowest BCUT2D eigenvalue weighted by Gasteiger charge is -2.11. The Kier molecular flexibility index (Phi) is 3.95. The molecule has 2 aromatic rings. The first-order valence-corrected chi connectivity index (χ1v) is 5.98. The molecule has 0 aliphatic carbocycles. The van der Waals surface area contributed by atoms with Crippen LogP contribution in [0.25, 0.3) is 0 Å². The fourth-order valence-electron chi connectivity index (χ4n) is 1.92. The summed E-state index contributed by atoms with van der Waals surface area (Å²) in [5.74, 6) is 4.06. The Hall–Kier alpha value is -2.47. The van der Waals surface area contributed by atoms with Gasteiger partial charge in [0.2, 0.25) is 0 Å². The molecule has 5 nitrogen and oxygen atoms in total. The standard InChI is InChI=1S/C14H14FN3O2/c1-9-3-2-4-13(19)18(9)8-11-7-10(14(20)17-16)5-6-12(11)15/h2-7H,8,16H2,1H3,(H,17,20). The minimum atomic E-state index is -0.511. The van der Waals surface area contributed by atoms with Gasteiger partial charge in [-0.2, -0.15) is 0 Å². The first-order chi connectivity index (χ1) is 9.52. The third-order valence-electron chi connectivity index (χ3n) is 3.04. The number of pyridine rings is 1. The van der Waals surface area contributed by atoms with Gasteiger partial charge < -0.3 is 4.57 Å². The first kappa shape index (κ1) is 14.0. The molecule has 1 amide bonds. The van der Waals surface area contributed by atoms with Gasteiger partial charge in [0.25, 0.3) is 11.5 Å². The molecular formula is C14H14FN3O2. The van der Waals surface area contributed by atoms with Crippen molar-refractivity contribution < 1.29 is 9.18 Å². The Morgan fingerprint density at radius 3 is 2.75 bits per heavy atom. The fourth-order valence-corrected chi connectivity index (χ4v) is 1.92. The lowest BCUT2D eigenvalue weighted by atomic mass is 10.1. The molecule has 1 aromatic carbocycles. The molecule has 0 spiro atoms. The second-order valence-electron chi connectivity index (χ2n) is 4.37. The maximum atomic E-state index is 13.8. The number of hydrogen-bond acceptors (Lipinski definition) is 3. The highest BCUT2D eigenvalue weighted by Crippen LogP contribution is 2.12. The highest BCUT2D eigenvalue weighted by molar-refractivity contribution is 5.93. The number of nitrogen functional groups attached to an aromatic ring is 1. The summed E-state index contributed by atoms with van der Waals surface area (Å²) in [6.45, 7) is 1.82. The molecule has 0 aliphatic heterocycles. The molecule has 0 saturated heterocycles. The van der Waals surface area contributed by atoms with Crippen molar-refractivity contribution in [1.82, 2.24) is 9.99 Å². The van der Waals surface area contributed by atoms with Crippen LogP contribution in [0, 0.1) is 12.7 Å². The molecular weight excluding hydrogens is 261 g/mol. The highest BCUT2D eigenvalue weighted by atomic mass is 19.1. The van der Waals surface area contributed by atoms with Gasteiger partial charge in [0, 0.05) is 22.9 Å². The lowest BCUT2D eigenvalue weighted by Crippen LogP contribution is -2.30. The number of hydrogen-bond donors (Lipinski definition) is 2. The summed E-state index contributed by atoms with van der Waals surface area (Å²) < 4.78 is 15.2. The van der Waals surface area contributed by atoms with Crippen LogP contribution in [0.4, 0.5) is 4.39 Å². The number of halogens is 1. The van der Waals surface area contributed by atoms with Crippen molar-refractivity contribution in [1.29, 1.82) is 0 Å². The average molecular weight is 275 g/mol. The van der Waals surface area contributed by atoms with Gasteiger partial charge in [0.05, 0.1) is 6.54 Å². The van der Waals surface area contributed by atoms with E-state index in [9.17, 15) is 14.0 Å². The summed E-state index contributed by atoms with van der Waals surface area (Å²) in [7, 11) is 0.